The van der Waals surface area contributed by atoms with Gasteiger partial charge < -0.3 is 10.6 Å². The van der Waals surface area contributed by atoms with Gasteiger partial charge in [0.15, 0.2) is 0 Å². The average Bonchev–Trinajstić information content (AvgIpc) is 2.85. The molecular formula is C8H13N5. The number of nitrogen functional groups attached to an aromatic ring is 1. The van der Waals surface area contributed by atoms with E-state index < -0.39 is 0 Å². The molecule has 0 spiro atoms. The highest BCUT2D eigenvalue weighted by atomic mass is 15.3. The molecule has 2 N–H and O–H groups in total. The second kappa shape index (κ2) is 2.83. The Bertz CT molecular complexity index is 298. The van der Waals surface area contributed by atoms with Gasteiger partial charge in [0, 0.05) is 20.0 Å². The van der Waals surface area contributed by atoms with Crippen LogP contribution in [0.1, 0.15) is 24.6 Å². The third-order valence-corrected chi connectivity index (χ3v) is 2.00. The largest absolute Gasteiger partial charge is 0.368 e. The highest BCUT2D eigenvalue weighted by molar-refractivity contribution is 5.33. The molecule has 0 unspecified atom stereocenters. The maximum atomic E-state index is 5.57. The summed E-state index contributed by atoms with van der Waals surface area (Å²) in [4.78, 5) is 14.3. The molecule has 1 aliphatic carbocycles. The van der Waals surface area contributed by atoms with Gasteiger partial charge in [-0.3, -0.25) is 0 Å². The summed E-state index contributed by atoms with van der Waals surface area (Å²) in [6, 6.07) is 0. The van der Waals surface area contributed by atoms with Crippen LogP contribution in [0.3, 0.4) is 0 Å². The fourth-order valence-corrected chi connectivity index (χ4v) is 1.12. The van der Waals surface area contributed by atoms with Gasteiger partial charge in [-0.1, -0.05) is 0 Å². The van der Waals surface area contributed by atoms with Gasteiger partial charge in [-0.05, 0) is 12.8 Å². The lowest BCUT2D eigenvalue weighted by molar-refractivity contribution is 0.868. The molecule has 0 aliphatic heterocycles. The lowest BCUT2D eigenvalue weighted by Gasteiger charge is -2.10. The van der Waals surface area contributed by atoms with Crippen LogP contribution in [0.25, 0.3) is 0 Å². The van der Waals surface area contributed by atoms with Crippen molar-refractivity contribution in [1.29, 1.82) is 0 Å². The summed E-state index contributed by atoms with van der Waals surface area (Å²) in [6.07, 6.45) is 2.35. The van der Waals surface area contributed by atoms with Crippen LogP contribution in [-0.4, -0.2) is 29.0 Å². The maximum absolute atomic E-state index is 5.57. The summed E-state index contributed by atoms with van der Waals surface area (Å²) < 4.78 is 0. The Labute approximate surface area is 77.0 Å². The molecule has 1 aromatic rings. The summed E-state index contributed by atoms with van der Waals surface area (Å²) in [5.74, 6) is 2.33. The summed E-state index contributed by atoms with van der Waals surface area (Å²) in [5.41, 5.74) is 5.57. The number of nitrogens with zero attached hydrogens (tertiary/aromatic N) is 4. The first-order chi connectivity index (χ1) is 6.16. The van der Waals surface area contributed by atoms with E-state index in [0.29, 0.717) is 17.8 Å². The van der Waals surface area contributed by atoms with E-state index in [1.165, 1.54) is 12.8 Å². The zero-order chi connectivity index (χ0) is 9.42. The Morgan fingerprint density at radius 2 is 1.92 bits per heavy atom. The van der Waals surface area contributed by atoms with Gasteiger partial charge in [0.05, 0.1) is 0 Å². The highest BCUT2D eigenvalue weighted by Crippen LogP contribution is 2.38. The lowest BCUT2D eigenvalue weighted by atomic mass is 10.4. The van der Waals surface area contributed by atoms with E-state index in [9.17, 15) is 0 Å². The zero-order valence-electron chi connectivity index (χ0n) is 7.86. The normalized spacial score (nSPS) is 15.8. The van der Waals surface area contributed by atoms with Crippen molar-refractivity contribution in [2.45, 2.75) is 18.8 Å². The molecule has 70 valence electrons. The number of nitrogens with two attached hydrogens (primary N) is 1. The van der Waals surface area contributed by atoms with Crippen molar-refractivity contribution in [2.24, 2.45) is 0 Å². The lowest BCUT2D eigenvalue weighted by Crippen LogP contribution is -2.15. The number of anilines is 2. The first-order valence-electron chi connectivity index (χ1n) is 4.35. The Morgan fingerprint density at radius 1 is 1.23 bits per heavy atom. The summed E-state index contributed by atoms with van der Waals surface area (Å²) in [5, 5.41) is 0. The molecule has 1 saturated carbocycles. The van der Waals surface area contributed by atoms with Gasteiger partial charge in [-0.15, -0.1) is 0 Å². The van der Waals surface area contributed by atoms with Crippen LogP contribution in [0, 0.1) is 0 Å². The molecule has 2 rings (SSSR count). The van der Waals surface area contributed by atoms with Gasteiger partial charge in [-0.2, -0.15) is 15.0 Å². The molecule has 0 bridgehead atoms. The highest BCUT2D eigenvalue weighted by Gasteiger charge is 2.27. The second-order valence-electron chi connectivity index (χ2n) is 3.52. The predicted molar refractivity (Wildman–Crippen MR) is 50.5 cm³/mol. The average molecular weight is 179 g/mol. The molecular weight excluding hydrogens is 166 g/mol. The quantitative estimate of drug-likeness (QED) is 0.711. The van der Waals surface area contributed by atoms with Crippen LogP contribution >= 0.6 is 0 Å². The zero-order valence-corrected chi connectivity index (χ0v) is 7.86. The van der Waals surface area contributed by atoms with Crippen molar-refractivity contribution >= 4 is 11.9 Å². The minimum atomic E-state index is 0.320. The second-order valence-corrected chi connectivity index (χ2v) is 3.52. The number of hydrogen-bond acceptors (Lipinski definition) is 5. The maximum Gasteiger partial charge on any atom is 0.229 e. The molecule has 1 fully saturated rings. The van der Waals surface area contributed by atoms with Crippen LogP contribution in [0.2, 0.25) is 0 Å². The SMILES string of the molecule is CN(C)c1nc(N)nc(C2CC2)n1. The summed E-state index contributed by atoms with van der Waals surface area (Å²) in [7, 11) is 3.79. The van der Waals surface area contributed by atoms with E-state index in [-0.39, 0.29) is 0 Å². The van der Waals surface area contributed by atoms with Crippen molar-refractivity contribution in [2.75, 3.05) is 24.7 Å². The molecule has 0 atom stereocenters. The van der Waals surface area contributed by atoms with Crippen LogP contribution in [0.5, 0.6) is 0 Å². The van der Waals surface area contributed by atoms with Crippen LogP contribution in [0.15, 0.2) is 0 Å². The van der Waals surface area contributed by atoms with Crippen molar-refractivity contribution < 1.29 is 0 Å². The van der Waals surface area contributed by atoms with Gasteiger partial charge >= 0.3 is 0 Å². The van der Waals surface area contributed by atoms with E-state index in [0.717, 1.165) is 5.82 Å². The van der Waals surface area contributed by atoms with Gasteiger partial charge in [0.2, 0.25) is 11.9 Å². The minimum absolute atomic E-state index is 0.320. The fraction of sp³-hybridized carbons (Fsp3) is 0.625. The Balaban J connectivity index is 2.36. The third kappa shape index (κ3) is 1.68. The van der Waals surface area contributed by atoms with Crippen molar-refractivity contribution in [3.05, 3.63) is 5.82 Å². The third-order valence-electron chi connectivity index (χ3n) is 2.00. The van der Waals surface area contributed by atoms with Crippen molar-refractivity contribution in [1.82, 2.24) is 15.0 Å². The van der Waals surface area contributed by atoms with E-state index in [2.05, 4.69) is 15.0 Å². The first-order valence-corrected chi connectivity index (χ1v) is 4.35. The molecule has 5 heteroatoms. The molecule has 1 aliphatic rings. The van der Waals surface area contributed by atoms with E-state index in [1.807, 2.05) is 19.0 Å². The Hall–Kier alpha value is -1.39. The smallest absolute Gasteiger partial charge is 0.229 e. The van der Waals surface area contributed by atoms with Crippen LogP contribution < -0.4 is 10.6 Å². The van der Waals surface area contributed by atoms with E-state index >= 15 is 0 Å². The van der Waals surface area contributed by atoms with Crippen molar-refractivity contribution in [3.63, 3.8) is 0 Å². The topological polar surface area (TPSA) is 67.9 Å². The number of rotatable bonds is 2. The molecule has 1 heterocycles. The Kier molecular flexibility index (Phi) is 1.79. The molecule has 1 aromatic heterocycles. The fourth-order valence-electron chi connectivity index (χ4n) is 1.12. The molecule has 5 nitrogen and oxygen atoms in total. The number of hydrogen-bond donors (Lipinski definition) is 1. The molecule has 0 aromatic carbocycles. The van der Waals surface area contributed by atoms with Gasteiger partial charge in [-0.25, -0.2) is 0 Å². The predicted octanol–water partition coefficient (Wildman–Crippen LogP) is 0.397. The van der Waals surface area contributed by atoms with Crippen LogP contribution in [0.4, 0.5) is 11.9 Å². The van der Waals surface area contributed by atoms with E-state index in [1.54, 1.807) is 0 Å². The minimum Gasteiger partial charge on any atom is -0.368 e. The molecule has 13 heavy (non-hydrogen) atoms. The van der Waals surface area contributed by atoms with Gasteiger partial charge in [0.1, 0.15) is 5.82 Å². The molecule has 0 amide bonds. The Morgan fingerprint density at radius 3 is 2.46 bits per heavy atom. The summed E-state index contributed by atoms with van der Waals surface area (Å²) >= 11 is 0. The molecule has 0 saturated heterocycles. The monoisotopic (exact) mass is 179 g/mol. The van der Waals surface area contributed by atoms with Crippen molar-refractivity contribution in [3.8, 4) is 0 Å². The van der Waals surface area contributed by atoms with Crippen LogP contribution in [-0.2, 0) is 0 Å². The molecule has 0 radical (unpaired) electrons. The van der Waals surface area contributed by atoms with E-state index in [4.69, 9.17) is 5.73 Å². The first kappa shape index (κ1) is 8.22. The standard InChI is InChI=1S/C8H13N5/c1-13(2)8-11-6(5-3-4-5)10-7(9)12-8/h5H,3-4H2,1-2H3,(H2,9,10,11,12). The summed E-state index contributed by atoms with van der Waals surface area (Å²) in [6.45, 7) is 0. The number of aromatic nitrogens is 3. The van der Waals surface area contributed by atoms with Gasteiger partial charge in [0.25, 0.3) is 0 Å².